The number of rotatable bonds is 4. The molecular formula is C11H21NO2. The fourth-order valence-corrected chi connectivity index (χ4v) is 1.89. The van der Waals surface area contributed by atoms with Gasteiger partial charge < -0.3 is 10.1 Å². The zero-order valence-electron chi connectivity index (χ0n) is 9.21. The maximum atomic E-state index is 10.8. The Labute approximate surface area is 86.2 Å². The molecule has 1 aliphatic heterocycles. The van der Waals surface area contributed by atoms with Gasteiger partial charge in [0.25, 0.3) is 0 Å². The highest BCUT2D eigenvalue weighted by molar-refractivity contribution is 5.73. The molecule has 82 valence electrons. The molecule has 3 nitrogen and oxygen atoms in total. The molecule has 1 saturated heterocycles. The van der Waals surface area contributed by atoms with Gasteiger partial charge in [-0.1, -0.05) is 0 Å². The van der Waals surface area contributed by atoms with Gasteiger partial charge in [-0.2, -0.15) is 0 Å². The average molecular weight is 199 g/mol. The molecule has 0 aromatic rings. The zero-order valence-corrected chi connectivity index (χ0v) is 9.21. The highest BCUT2D eigenvalue weighted by Crippen LogP contribution is 2.17. The Morgan fingerprint density at radius 3 is 2.93 bits per heavy atom. The van der Waals surface area contributed by atoms with Crippen LogP contribution >= 0.6 is 0 Å². The van der Waals surface area contributed by atoms with Gasteiger partial charge in [0.2, 0.25) is 5.91 Å². The molecule has 0 aliphatic carbocycles. The quantitative estimate of drug-likeness (QED) is 0.750. The molecule has 3 heteroatoms. The molecule has 0 bridgehead atoms. The van der Waals surface area contributed by atoms with E-state index in [0.29, 0.717) is 6.10 Å². The zero-order chi connectivity index (χ0) is 10.4. The summed E-state index contributed by atoms with van der Waals surface area (Å²) in [6, 6.07) is 0.276. The largest absolute Gasteiger partial charge is 0.378 e. The molecule has 1 unspecified atom stereocenters. The molecule has 2 atom stereocenters. The first-order valence-corrected chi connectivity index (χ1v) is 5.57. The fourth-order valence-electron chi connectivity index (χ4n) is 1.89. The second-order valence-electron chi connectivity index (χ2n) is 4.17. The van der Waals surface area contributed by atoms with E-state index in [0.717, 1.165) is 19.4 Å². The van der Waals surface area contributed by atoms with E-state index in [1.807, 2.05) is 6.92 Å². The molecule has 0 saturated carbocycles. The van der Waals surface area contributed by atoms with Crippen LogP contribution in [0.25, 0.3) is 0 Å². The second kappa shape index (κ2) is 6.02. The summed E-state index contributed by atoms with van der Waals surface area (Å²) >= 11 is 0. The number of carbonyl (C=O) groups excluding carboxylic acids is 1. The molecule has 0 aromatic heterocycles. The van der Waals surface area contributed by atoms with Crippen molar-refractivity contribution < 1.29 is 9.53 Å². The lowest BCUT2D eigenvalue weighted by Crippen LogP contribution is -2.31. The van der Waals surface area contributed by atoms with Crippen molar-refractivity contribution in [1.82, 2.24) is 5.32 Å². The topological polar surface area (TPSA) is 38.3 Å². The van der Waals surface area contributed by atoms with Crippen LogP contribution in [0.1, 0.15) is 46.0 Å². The number of hydrogen-bond acceptors (Lipinski definition) is 2. The van der Waals surface area contributed by atoms with E-state index < -0.39 is 0 Å². The van der Waals surface area contributed by atoms with Gasteiger partial charge in [-0.25, -0.2) is 0 Å². The average Bonchev–Trinajstić information content (AvgIpc) is 2.15. The third-order valence-corrected chi connectivity index (χ3v) is 2.65. The first-order chi connectivity index (χ1) is 6.68. The van der Waals surface area contributed by atoms with Gasteiger partial charge in [-0.3, -0.25) is 4.79 Å². The van der Waals surface area contributed by atoms with E-state index in [2.05, 4.69) is 5.32 Å². The van der Waals surface area contributed by atoms with Gasteiger partial charge in [0.15, 0.2) is 0 Å². The van der Waals surface area contributed by atoms with Crippen LogP contribution in [0.2, 0.25) is 0 Å². The number of nitrogens with one attached hydrogen (secondary N) is 1. The van der Waals surface area contributed by atoms with Crippen molar-refractivity contribution in [2.75, 3.05) is 6.61 Å². The summed E-state index contributed by atoms with van der Waals surface area (Å²) < 4.78 is 5.62. The van der Waals surface area contributed by atoms with E-state index in [1.54, 1.807) is 6.92 Å². The number of hydrogen-bond donors (Lipinski definition) is 1. The van der Waals surface area contributed by atoms with E-state index >= 15 is 0 Å². The van der Waals surface area contributed by atoms with Gasteiger partial charge in [0, 0.05) is 19.6 Å². The van der Waals surface area contributed by atoms with Crippen LogP contribution in [0.5, 0.6) is 0 Å². The van der Waals surface area contributed by atoms with Crippen molar-refractivity contribution in [1.29, 1.82) is 0 Å². The molecule has 1 N–H and O–H groups in total. The lowest BCUT2D eigenvalue weighted by Gasteiger charge is -2.23. The van der Waals surface area contributed by atoms with Crippen molar-refractivity contribution in [3.63, 3.8) is 0 Å². The lowest BCUT2D eigenvalue weighted by molar-refractivity contribution is -0.119. The van der Waals surface area contributed by atoms with Crippen molar-refractivity contribution in [2.45, 2.75) is 58.1 Å². The molecule has 0 aromatic carbocycles. The molecule has 14 heavy (non-hydrogen) atoms. The Bertz CT molecular complexity index is 176. The van der Waals surface area contributed by atoms with Crippen LogP contribution in [0.15, 0.2) is 0 Å². The minimum atomic E-state index is 0.0575. The van der Waals surface area contributed by atoms with Crippen LogP contribution in [0.3, 0.4) is 0 Å². The summed E-state index contributed by atoms with van der Waals surface area (Å²) in [6.45, 7) is 4.52. The van der Waals surface area contributed by atoms with Gasteiger partial charge in [0.1, 0.15) is 0 Å². The maximum Gasteiger partial charge on any atom is 0.217 e. The Morgan fingerprint density at radius 2 is 2.36 bits per heavy atom. The Morgan fingerprint density at radius 1 is 1.57 bits per heavy atom. The summed E-state index contributed by atoms with van der Waals surface area (Å²) in [5.74, 6) is 0.0575. The summed E-state index contributed by atoms with van der Waals surface area (Å²) in [7, 11) is 0. The SMILES string of the molecule is CC(=O)NC(C)CC[C@H]1CCCCO1. The summed E-state index contributed by atoms with van der Waals surface area (Å²) in [6.07, 6.45) is 6.20. The highest BCUT2D eigenvalue weighted by Gasteiger charge is 2.14. The molecule has 0 radical (unpaired) electrons. The normalized spacial score (nSPS) is 24.3. The summed E-state index contributed by atoms with van der Waals surface area (Å²) in [5, 5.41) is 2.89. The van der Waals surface area contributed by atoms with Crippen LogP contribution in [0.4, 0.5) is 0 Å². The molecule has 1 heterocycles. The predicted octanol–water partition coefficient (Wildman–Crippen LogP) is 1.86. The van der Waals surface area contributed by atoms with Crippen LogP contribution in [-0.4, -0.2) is 24.7 Å². The van der Waals surface area contributed by atoms with Crippen LogP contribution in [0, 0.1) is 0 Å². The van der Waals surface area contributed by atoms with Gasteiger partial charge >= 0.3 is 0 Å². The fraction of sp³-hybridized carbons (Fsp3) is 0.909. The first-order valence-electron chi connectivity index (χ1n) is 5.57. The monoisotopic (exact) mass is 199 g/mol. The second-order valence-corrected chi connectivity index (χ2v) is 4.17. The number of ether oxygens (including phenoxy) is 1. The lowest BCUT2D eigenvalue weighted by atomic mass is 10.0. The number of carbonyl (C=O) groups is 1. The Hall–Kier alpha value is -0.570. The molecule has 1 rings (SSSR count). The molecule has 0 spiro atoms. The predicted molar refractivity (Wildman–Crippen MR) is 56.1 cm³/mol. The van der Waals surface area contributed by atoms with Crippen LogP contribution < -0.4 is 5.32 Å². The van der Waals surface area contributed by atoms with Crippen molar-refractivity contribution in [2.24, 2.45) is 0 Å². The van der Waals surface area contributed by atoms with E-state index in [9.17, 15) is 4.79 Å². The van der Waals surface area contributed by atoms with Crippen molar-refractivity contribution in [3.8, 4) is 0 Å². The molecule has 1 fully saturated rings. The first kappa shape index (κ1) is 11.5. The van der Waals surface area contributed by atoms with E-state index in [-0.39, 0.29) is 11.9 Å². The highest BCUT2D eigenvalue weighted by atomic mass is 16.5. The Balaban J connectivity index is 2.09. The summed E-state index contributed by atoms with van der Waals surface area (Å²) in [4.78, 5) is 10.8. The standard InChI is InChI=1S/C11H21NO2/c1-9(12-10(2)13)6-7-11-5-3-4-8-14-11/h9,11H,3-8H2,1-2H3,(H,12,13)/t9?,11-/m1/s1. The molecular weight excluding hydrogens is 178 g/mol. The smallest absolute Gasteiger partial charge is 0.217 e. The minimum Gasteiger partial charge on any atom is -0.378 e. The van der Waals surface area contributed by atoms with Crippen molar-refractivity contribution in [3.05, 3.63) is 0 Å². The summed E-state index contributed by atoms with van der Waals surface area (Å²) in [5.41, 5.74) is 0. The molecule has 1 aliphatic rings. The molecule has 1 amide bonds. The van der Waals surface area contributed by atoms with Gasteiger partial charge in [-0.15, -0.1) is 0 Å². The maximum absolute atomic E-state index is 10.8. The third-order valence-electron chi connectivity index (χ3n) is 2.65. The Kier molecular flexibility index (Phi) is 4.94. The van der Waals surface area contributed by atoms with Gasteiger partial charge in [0.05, 0.1) is 6.10 Å². The van der Waals surface area contributed by atoms with E-state index in [1.165, 1.54) is 19.3 Å². The minimum absolute atomic E-state index is 0.0575. The van der Waals surface area contributed by atoms with Crippen molar-refractivity contribution >= 4 is 5.91 Å². The third kappa shape index (κ3) is 4.61. The van der Waals surface area contributed by atoms with Gasteiger partial charge in [-0.05, 0) is 39.0 Å². The number of amides is 1. The van der Waals surface area contributed by atoms with Crippen LogP contribution in [-0.2, 0) is 9.53 Å². The van der Waals surface area contributed by atoms with E-state index in [4.69, 9.17) is 4.74 Å².